The van der Waals surface area contributed by atoms with Crippen molar-refractivity contribution in [3.63, 3.8) is 0 Å². The molecule has 0 aliphatic carbocycles. The van der Waals surface area contributed by atoms with E-state index in [0.717, 1.165) is 11.0 Å². The molecule has 0 saturated heterocycles. The van der Waals surface area contributed by atoms with Crippen molar-refractivity contribution < 1.29 is 0 Å². The van der Waals surface area contributed by atoms with Crippen LogP contribution >= 0.6 is 11.9 Å². The van der Waals surface area contributed by atoms with Gasteiger partial charge in [-0.3, -0.25) is 8.96 Å². The van der Waals surface area contributed by atoms with Crippen LogP contribution in [0.15, 0.2) is 24.8 Å². The van der Waals surface area contributed by atoms with Gasteiger partial charge in [0.1, 0.15) is 6.33 Å². The van der Waals surface area contributed by atoms with Crippen molar-refractivity contribution in [1.82, 2.24) is 13.9 Å². The summed E-state index contributed by atoms with van der Waals surface area (Å²) in [5.74, 6) is 0. The molecule has 4 heteroatoms. The lowest BCUT2D eigenvalue weighted by atomic mass is 10.4. The topological polar surface area (TPSA) is 30.7 Å². The third-order valence-corrected chi connectivity index (χ3v) is 2.20. The van der Waals surface area contributed by atoms with Gasteiger partial charge in [-0.1, -0.05) is 0 Å². The van der Waals surface area contributed by atoms with E-state index in [4.69, 9.17) is 0 Å². The standard InChI is InChI=1S/C7H7N3S/c1-11-10-5-9-6-2-3-8-4-7(6)10/h2-5H,1H3. The lowest BCUT2D eigenvalue weighted by Crippen LogP contribution is -1.80. The van der Waals surface area contributed by atoms with Crippen LogP contribution in [0.4, 0.5) is 0 Å². The summed E-state index contributed by atoms with van der Waals surface area (Å²) in [7, 11) is 0. The molecule has 0 aliphatic rings. The average molecular weight is 165 g/mol. The molecule has 0 fully saturated rings. The van der Waals surface area contributed by atoms with E-state index in [-0.39, 0.29) is 0 Å². The first-order valence-corrected chi connectivity index (χ1v) is 4.41. The summed E-state index contributed by atoms with van der Waals surface area (Å²) in [5, 5.41) is 0. The molecule has 0 aromatic carbocycles. The Morgan fingerprint density at radius 1 is 1.55 bits per heavy atom. The third kappa shape index (κ3) is 0.991. The number of rotatable bonds is 1. The number of hydrogen-bond acceptors (Lipinski definition) is 3. The predicted molar refractivity (Wildman–Crippen MR) is 46.4 cm³/mol. The van der Waals surface area contributed by atoms with Gasteiger partial charge >= 0.3 is 0 Å². The Bertz CT molecular complexity index is 368. The Hall–Kier alpha value is -1.03. The molecule has 0 N–H and O–H groups in total. The fourth-order valence-electron chi connectivity index (χ4n) is 0.980. The van der Waals surface area contributed by atoms with Gasteiger partial charge in [0.15, 0.2) is 0 Å². The Morgan fingerprint density at radius 3 is 3.27 bits per heavy atom. The van der Waals surface area contributed by atoms with Crippen molar-refractivity contribution >= 4 is 23.0 Å². The number of imidazole rings is 1. The molecule has 0 aliphatic heterocycles. The fourth-order valence-corrected chi connectivity index (χ4v) is 1.46. The van der Waals surface area contributed by atoms with E-state index in [0.29, 0.717) is 0 Å². The lowest BCUT2D eigenvalue weighted by Gasteiger charge is -1.94. The average Bonchev–Trinajstić information content (AvgIpc) is 2.47. The summed E-state index contributed by atoms with van der Waals surface area (Å²) < 4.78 is 1.99. The summed E-state index contributed by atoms with van der Waals surface area (Å²) >= 11 is 1.62. The van der Waals surface area contributed by atoms with Crippen LogP contribution in [-0.2, 0) is 0 Å². The molecule has 2 heterocycles. The highest BCUT2D eigenvalue weighted by Gasteiger charge is 1.98. The van der Waals surface area contributed by atoms with Gasteiger partial charge in [0.05, 0.1) is 17.2 Å². The SMILES string of the molecule is CSn1cnc2ccncc21. The highest BCUT2D eigenvalue weighted by atomic mass is 32.2. The number of nitrogens with zero attached hydrogens (tertiary/aromatic N) is 3. The van der Waals surface area contributed by atoms with Crippen molar-refractivity contribution in [3.05, 3.63) is 24.8 Å². The Kier molecular flexibility index (Phi) is 1.54. The molecule has 0 amide bonds. The van der Waals surface area contributed by atoms with E-state index >= 15 is 0 Å². The Morgan fingerprint density at radius 2 is 2.45 bits per heavy atom. The van der Waals surface area contributed by atoms with Crippen LogP contribution < -0.4 is 0 Å². The van der Waals surface area contributed by atoms with Gasteiger partial charge in [-0.05, 0) is 18.0 Å². The molecule has 0 bridgehead atoms. The number of pyridine rings is 1. The summed E-state index contributed by atoms with van der Waals surface area (Å²) in [6.07, 6.45) is 7.38. The number of hydrogen-bond donors (Lipinski definition) is 0. The van der Waals surface area contributed by atoms with Gasteiger partial charge in [-0.15, -0.1) is 0 Å². The van der Waals surface area contributed by atoms with Crippen LogP contribution in [0.2, 0.25) is 0 Å². The van der Waals surface area contributed by atoms with E-state index in [1.165, 1.54) is 0 Å². The van der Waals surface area contributed by atoms with E-state index in [1.54, 1.807) is 24.5 Å². The third-order valence-electron chi connectivity index (χ3n) is 1.51. The molecule has 0 radical (unpaired) electrons. The second-order valence-electron chi connectivity index (χ2n) is 2.12. The van der Waals surface area contributed by atoms with Crippen LogP contribution in [0.3, 0.4) is 0 Å². The summed E-state index contributed by atoms with van der Waals surface area (Å²) in [4.78, 5) is 8.21. The second kappa shape index (κ2) is 2.54. The summed E-state index contributed by atoms with van der Waals surface area (Å²) in [6, 6.07) is 1.90. The highest BCUT2D eigenvalue weighted by Crippen LogP contribution is 2.14. The van der Waals surface area contributed by atoms with E-state index in [1.807, 2.05) is 22.5 Å². The maximum atomic E-state index is 4.19. The van der Waals surface area contributed by atoms with Crippen molar-refractivity contribution in [3.8, 4) is 0 Å². The van der Waals surface area contributed by atoms with Crippen LogP contribution in [0.5, 0.6) is 0 Å². The highest BCUT2D eigenvalue weighted by molar-refractivity contribution is 7.97. The van der Waals surface area contributed by atoms with Crippen molar-refractivity contribution in [1.29, 1.82) is 0 Å². The number of aromatic nitrogens is 3. The largest absolute Gasteiger partial charge is 0.271 e. The quantitative estimate of drug-likeness (QED) is 0.642. The minimum atomic E-state index is 0.995. The van der Waals surface area contributed by atoms with Gasteiger partial charge < -0.3 is 0 Å². The van der Waals surface area contributed by atoms with E-state index < -0.39 is 0 Å². The zero-order valence-electron chi connectivity index (χ0n) is 6.06. The molecular weight excluding hydrogens is 158 g/mol. The van der Waals surface area contributed by atoms with Crippen molar-refractivity contribution in [2.75, 3.05) is 6.26 Å². The molecule has 3 nitrogen and oxygen atoms in total. The molecule has 2 aromatic rings. The van der Waals surface area contributed by atoms with Crippen molar-refractivity contribution in [2.45, 2.75) is 0 Å². The first-order valence-electron chi connectivity index (χ1n) is 3.23. The maximum absolute atomic E-state index is 4.19. The van der Waals surface area contributed by atoms with E-state index in [2.05, 4.69) is 9.97 Å². The zero-order valence-corrected chi connectivity index (χ0v) is 6.88. The van der Waals surface area contributed by atoms with Gasteiger partial charge in [0, 0.05) is 12.5 Å². The molecule has 2 rings (SSSR count). The van der Waals surface area contributed by atoms with Gasteiger partial charge in [-0.25, -0.2) is 4.98 Å². The maximum Gasteiger partial charge on any atom is 0.106 e. The first kappa shape index (κ1) is 6.67. The van der Waals surface area contributed by atoms with Crippen LogP contribution in [0, 0.1) is 0 Å². The normalized spacial score (nSPS) is 10.6. The van der Waals surface area contributed by atoms with Gasteiger partial charge in [0.2, 0.25) is 0 Å². The first-order chi connectivity index (χ1) is 5.42. The minimum absolute atomic E-state index is 0.995. The Labute approximate surface area is 68.6 Å². The molecule has 0 saturated carbocycles. The predicted octanol–water partition coefficient (Wildman–Crippen LogP) is 1.56. The zero-order chi connectivity index (χ0) is 7.68. The van der Waals surface area contributed by atoms with Gasteiger partial charge in [0.25, 0.3) is 0 Å². The Balaban J connectivity index is 2.76. The molecule has 56 valence electrons. The molecule has 0 unspecified atom stereocenters. The summed E-state index contributed by atoms with van der Waals surface area (Å²) in [5.41, 5.74) is 2.06. The lowest BCUT2D eigenvalue weighted by molar-refractivity contribution is 1.26. The molecular formula is C7H7N3S. The van der Waals surface area contributed by atoms with Gasteiger partial charge in [-0.2, -0.15) is 0 Å². The fraction of sp³-hybridized carbons (Fsp3) is 0.143. The van der Waals surface area contributed by atoms with Crippen molar-refractivity contribution in [2.24, 2.45) is 0 Å². The smallest absolute Gasteiger partial charge is 0.106 e. The molecule has 0 atom stereocenters. The number of fused-ring (bicyclic) bond motifs is 1. The van der Waals surface area contributed by atoms with E-state index in [9.17, 15) is 0 Å². The monoisotopic (exact) mass is 165 g/mol. The van der Waals surface area contributed by atoms with Crippen LogP contribution in [0.25, 0.3) is 11.0 Å². The van der Waals surface area contributed by atoms with Crippen LogP contribution in [-0.4, -0.2) is 20.2 Å². The van der Waals surface area contributed by atoms with Crippen LogP contribution in [0.1, 0.15) is 0 Å². The summed E-state index contributed by atoms with van der Waals surface area (Å²) in [6.45, 7) is 0. The second-order valence-corrected chi connectivity index (χ2v) is 2.88. The minimum Gasteiger partial charge on any atom is -0.271 e. The molecule has 0 spiro atoms. The molecule has 2 aromatic heterocycles. The molecule has 11 heavy (non-hydrogen) atoms.